The fourth-order valence-corrected chi connectivity index (χ4v) is 3.56. The zero-order valence-corrected chi connectivity index (χ0v) is 17.1. The standard InChI is InChI=1S/C22H40O4/c1-3-4-5-6-7-8-9-10-13-18-25-21(23)16-17-22(24)26-20-15-12-11-14-19(20)2/h19-20H,3-18H2,1-2H3. The van der Waals surface area contributed by atoms with Crippen LogP contribution in [0.3, 0.4) is 0 Å². The molecule has 0 heterocycles. The largest absolute Gasteiger partial charge is 0.466 e. The average molecular weight is 369 g/mol. The molecule has 1 fully saturated rings. The van der Waals surface area contributed by atoms with Gasteiger partial charge in [0.2, 0.25) is 0 Å². The number of ether oxygens (including phenoxy) is 2. The Labute approximate surface area is 160 Å². The van der Waals surface area contributed by atoms with Crippen molar-refractivity contribution in [2.24, 2.45) is 5.92 Å². The van der Waals surface area contributed by atoms with Crippen LogP contribution in [0.5, 0.6) is 0 Å². The molecule has 0 aromatic carbocycles. The summed E-state index contributed by atoms with van der Waals surface area (Å²) in [7, 11) is 0. The lowest BCUT2D eigenvalue weighted by Gasteiger charge is -2.28. The van der Waals surface area contributed by atoms with E-state index in [-0.39, 0.29) is 30.9 Å². The van der Waals surface area contributed by atoms with E-state index in [1.165, 1.54) is 51.4 Å². The smallest absolute Gasteiger partial charge is 0.306 e. The average Bonchev–Trinajstić information content (AvgIpc) is 2.63. The molecule has 0 radical (unpaired) electrons. The highest BCUT2D eigenvalue weighted by Gasteiger charge is 2.24. The van der Waals surface area contributed by atoms with E-state index < -0.39 is 0 Å². The molecule has 4 nitrogen and oxygen atoms in total. The van der Waals surface area contributed by atoms with Gasteiger partial charge in [-0.3, -0.25) is 9.59 Å². The first-order valence-corrected chi connectivity index (χ1v) is 11.0. The molecular weight excluding hydrogens is 328 g/mol. The maximum Gasteiger partial charge on any atom is 0.306 e. The zero-order chi connectivity index (χ0) is 19.0. The van der Waals surface area contributed by atoms with Crippen LogP contribution in [0, 0.1) is 5.92 Å². The second-order valence-corrected chi connectivity index (χ2v) is 7.84. The molecule has 2 atom stereocenters. The molecule has 0 aromatic rings. The summed E-state index contributed by atoms with van der Waals surface area (Å²) in [4.78, 5) is 23.6. The number of carbonyl (C=O) groups excluding carboxylic acids is 2. The van der Waals surface area contributed by atoms with Gasteiger partial charge in [0.25, 0.3) is 0 Å². The van der Waals surface area contributed by atoms with E-state index in [9.17, 15) is 9.59 Å². The lowest BCUT2D eigenvalue weighted by molar-refractivity contribution is -0.156. The fraction of sp³-hybridized carbons (Fsp3) is 0.909. The fourth-order valence-electron chi connectivity index (χ4n) is 3.56. The van der Waals surface area contributed by atoms with Crippen molar-refractivity contribution in [3.8, 4) is 0 Å². The highest BCUT2D eigenvalue weighted by molar-refractivity contribution is 5.77. The first-order chi connectivity index (χ1) is 12.6. The molecular formula is C22H40O4. The van der Waals surface area contributed by atoms with E-state index in [0.29, 0.717) is 12.5 Å². The molecule has 0 aromatic heterocycles. The van der Waals surface area contributed by atoms with Crippen molar-refractivity contribution in [2.75, 3.05) is 6.61 Å². The highest BCUT2D eigenvalue weighted by Crippen LogP contribution is 2.26. The number of carbonyl (C=O) groups is 2. The van der Waals surface area contributed by atoms with Gasteiger partial charge in [0.15, 0.2) is 0 Å². The van der Waals surface area contributed by atoms with Crippen LogP contribution in [-0.4, -0.2) is 24.6 Å². The summed E-state index contributed by atoms with van der Waals surface area (Å²) in [6.07, 6.45) is 15.9. The van der Waals surface area contributed by atoms with Crippen molar-refractivity contribution in [3.63, 3.8) is 0 Å². The van der Waals surface area contributed by atoms with Crippen LogP contribution in [0.1, 0.15) is 110 Å². The van der Waals surface area contributed by atoms with Crippen LogP contribution in [-0.2, 0) is 19.1 Å². The van der Waals surface area contributed by atoms with Crippen molar-refractivity contribution in [2.45, 2.75) is 116 Å². The van der Waals surface area contributed by atoms with Crippen molar-refractivity contribution in [1.29, 1.82) is 0 Å². The Morgan fingerprint density at radius 3 is 2.04 bits per heavy atom. The molecule has 0 amide bonds. The lowest BCUT2D eigenvalue weighted by atomic mass is 9.88. The minimum Gasteiger partial charge on any atom is -0.466 e. The van der Waals surface area contributed by atoms with Crippen molar-refractivity contribution in [3.05, 3.63) is 0 Å². The number of esters is 2. The predicted molar refractivity (Wildman–Crippen MR) is 105 cm³/mol. The Balaban J connectivity index is 1.92. The maximum absolute atomic E-state index is 11.9. The van der Waals surface area contributed by atoms with Crippen LogP contribution in [0.15, 0.2) is 0 Å². The van der Waals surface area contributed by atoms with Crippen molar-refractivity contribution < 1.29 is 19.1 Å². The monoisotopic (exact) mass is 368 g/mol. The van der Waals surface area contributed by atoms with E-state index in [1.807, 2.05) is 0 Å². The molecule has 0 saturated heterocycles. The third-order valence-corrected chi connectivity index (χ3v) is 5.36. The van der Waals surface area contributed by atoms with Crippen LogP contribution in [0.25, 0.3) is 0 Å². The minimum atomic E-state index is -0.279. The van der Waals surface area contributed by atoms with Gasteiger partial charge in [-0.15, -0.1) is 0 Å². The zero-order valence-electron chi connectivity index (χ0n) is 17.1. The molecule has 0 N–H and O–H groups in total. The minimum absolute atomic E-state index is 0.0363. The third-order valence-electron chi connectivity index (χ3n) is 5.36. The van der Waals surface area contributed by atoms with Gasteiger partial charge in [-0.05, 0) is 31.6 Å². The van der Waals surface area contributed by atoms with Gasteiger partial charge >= 0.3 is 11.9 Å². The number of hydrogen-bond donors (Lipinski definition) is 0. The van der Waals surface area contributed by atoms with E-state index in [2.05, 4.69) is 13.8 Å². The summed E-state index contributed by atoms with van der Waals surface area (Å²) in [6, 6.07) is 0. The Morgan fingerprint density at radius 2 is 1.38 bits per heavy atom. The second-order valence-electron chi connectivity index (χ2n) is 7.84. The first kappa shape index (κ1) is 23.0. The van der Waals surface area contributed by atoms with Gasteiger partial charge in [0, 0.05) is 0 Å². The second kappa shape index (κ2) is 15.0. The molecule has 1 aliphatic carbocycles. The molecule has 1 rings (SSSR count). The van der Waals surface area contributed by atoms with Crippen molar-refractivity contribution >= 4 is 11.9 Å². The van der Waals surface area contributed by atoms with Crippen LogP contribution in [0.2, 0.25) is 0 Å². The van der Waals surface area contributed by atoms with Crippen LogP contribution < -0.4 is 0 Å². The maximum atomic E-state index is 11.9. The van der Waals surface area contributed by atoms with Gasteiger partial charge in [-0.1, -0.05) is 71.6 Å². The number of hydrogen-bond acceptors (Lipinski definition) is 4. The molecule has 2 unspecified atom stereocenters. The Morgan fingerprint density at radius 1 is 0.808 bits per heavy atom. The SMILES string of the molecule is CCCCCCCCCCCOC(=O)CCC(=O)OC1CCCCC1C. The van der Waals surface area contributed by atoms with Gasteiger partial charge in [-0.2, -0.15) is 0 Å². The van der Waals surface area contributed by atoms with E-state index in [4.69, 9.17) is 9.47 Å². The molecule has 4 heteroatoms. The third kappa shape index (κ3) is 11.5. The first-order valence-electron chi connectivity index (χ1n) is 11.0. The van der Waals surface area contributed by atoms with E-state index >= 15 is 0 Å². The molecule has 0 bridgehead atoms. The quantitative estimate of drug-likeness (QED) is 0.280. The predicted octanol–water partition coefficient (Wildman–Crippen LogP) is 5.96. The van der Waals surface area contributed by atoms with Crippen LogP contribution in [0.4, 0.5) is 0 Å². The summed E-state index contributed by atoms with van der Waals surface area (Å²) >= 11 is 0. The normalized spacial score (nSPS) is 19.9. The number of unbranched alkanes of at least 4 members (excludes halogenated alkanes) is 8. The molecule has 0 spiro atoms. The topological polar surface area (TPSA) is 52.6 Å². The Kier molecular flexibility index (Phi) is 13.3. The summed E-state index contributed by atoms with van der Waals surface area (Å²) < 4.78 is 10.7. The Bertz CT molecular complexity index is 380. The molecule has 152 valence electrons. The summed E-state index contributed by atoms with van der Waals surface area (Å²) in [5.74, 6) is -0.103. The molecule has 26 heavy (non-hydrogen) atoms. The summed E-state index contributed by atoms with van der Waals surface area (Å²) in [5, 5.41) is 0. The van der Waals surface area contributed by atoms with Gasteiger partial charge in [0.05, 0.1) is 19.4 Å². The summed E-state index contributed by atoms with van der Waals surface area (Å²) in [6.45, 7) is 4.85. The summed E-state index contributed by atoms with van der Waals surface area (Å²) in [5.41, 5.74) is 0. The Hall–Kier alpha value is -1.06. The van der Waals surface area contributed by atoms with Crippen molar-refractivity contribution in [1.82, 2.24) is 0 Å². The van der Waals surface area contributed by atoms with E-state index in [0.717, 1.165) is 32.1 Å². The molecule has 0 aliphatic heterocycles. The number of rotatable bonds is 14. The highest BCUT2D eigenvalue weighted by atomic mass is 16.5. The lowest BCUT2D eigenvalue weighted by Crippen LogP contribution is -2.28. The van der Waals surface area contributed by atoms with E-state index in [1.54, 1.807) is 0 Å². The van der Waals surface area contributed by atoms with Crippen LogP contribution >= 0.6 is 0 Å². The van der Waals surface area contributed by atoms with Gasteiger partial charge in [-0.25, -0.2) is 0 Å². The molecule has 1 aliphatic rings. The van der Waals surface area contributed by atoms with Gasteiger partial charge < -0.3 is 9.47 Å². The molecule has 1 saturated carbocycles. The van der Waals surface area contributed by atoms with Gasteiger partial charge in [0.1, 0.15) is 6.10 Å².